The highest BCUT2D eigenvalue weighted by Gasteiger charge is 2.13. The lowest BCUT2D eigenvalue weighted by atomic mass is 10.1. The monoisotopic (exact) mass is 174 g/mol. The van der Waals surface area contributed by atoms with Gasteiger partial charge < -0.3 is 14.8 Å². The van der Waals surface area contributed by atoms with Crippen molar-refractivity contribution in [3.63, 3.8) is 0 Å². The van der Waals surface area contributed by atoms with Crippen molar-refractivity contribution in [1.82, 2.24) is 4.90 Å². The van der Waals surface area contributed by atoms with E-state index in [1.54, 1.807) is 0 Å². The van der Waals surface area contributed by atoms with E-state index in [9.17, 15) is 5.11 Å². The molecule has 12 heavy (non-hydrogen) atoms. The van der Waals surface area contributed by atoms with Gasteiger partial charge in [0.1, 0.15) is 0 Å². The third-order valence-electron chi connectivity index (χ3n) is 2.21. The molecule has 1 aliphatic rings. The molecule has 1 rings (SSSR count). The number of rotatable bonds is 4. The highest BCUT2D eigenvalue weighted by Crippen LogP contribution is 2.08. The Kier molecular flexibility index (Phi) is 4.53. The molecule has 0 radical (unpaired) electrons. The Balaban J connectivity index is 2.11. The van der Waals surface area contributed by atoms with E-state index in [0.29, 0.717) is 6.54 Å². The molecule has 0 unspecified atom stereocenters. The number of nitrogens with two attached hydrogens (primary N) is 1. The van der Waals surface area contributed by atoms with E-state index in [1.165, 1.54) is 19.3 Å². The Hall–Kier alpha value is -0.160. The van der Waals surface area contributed by atoms with Crippen LogP contribution in [0.4, 0.5) is 0 Å². The van der Waals surface area contributed by atoms with E-state index in [0.717, 1.165) is 13.1 Å². The minimum Gasteiger partial charge on any atom is -0.389 e. The summed E-state index contributed by atoms with van der Waals surface area (Å²) in [7, 11) is 0. The van der Waals surface area contributed by atoms with Gasteiger partial charge in [-0.15, -0.1) is 0 Å². The second-order valence-electron chi connectivity index (χ2n) is 3.35. The number of likely N-dealkylation sites (tertiary alicyclic amines) is 1. The van der Waals surface area contributed by atoms with Gasteiger partial charge >= 0.3 is 0 Å². The van der Waals surface area contributed by atoms with E-state index in [2.05, 4.69) is 9.74 Å². The van der Waals surface area contributed by atoms with Gasteiger partial charge in [0.05, 0.1) is 12.7 Å². The molecular formula is C8H18N2O2. The molecule has 1 saturated heterocycles. The van der Waals surface area contributed by atoms with Crippen LogP contribution < -0.4 is 5.90 Å². The predicted molar refractivity (Wildman–Crippen MR) is 46.4 cm³/mol. The van der Waals surface area contributed by atoms with Crippen LogP contribution in [0.5, 0.6) is 0 Å². The zero-order chi connectivity index (χ0) is 8.81. The highest BCUT2D eigenvalue weighted by atomic mass is 16.6. The first-order valence-corrected chi connectivity index (χ1v) is 4.55. The second kappa shape index (κ2) is 5.48. The summed E-state index contributed by atoms with van der Waals surface area (Å²) >= 11 is 0. The van der Waals surface area contributed by atoms with Crippen molar-refractivity contribution in [2.75, 3.05) is 26.2 Å². The first-order valence-electron chi connectivity index (χ1n) is 4.55. The maximum atomic E-state index is 9.35. The third kappa shape index (κ3) is 3.49. The van der Waals surface area contributed by atoms with Crippen LogP contribution in [-0.2, 0) is 4.84 Å². The molecule has 72 valence electrons. The number of aliphatic hydroxyl groups is 1. The lowest BCUT2D eigenvalue weighted by molar-refractivity contribution is 0.0131. The molecule has 0 saturated carbocycles. The molecule has 0 aromatic rings. The summed E-state index contributed by atoms with van der Waals surface area (Å²) in [4.78, 5) is 6.63. The van der Waals surface area contributed by atoms with E-state index < -0.39 is 6.10 Å². The second-order valence-corrected chi connectivity index (χ2v) is 3.35. The molecule has 0 aliphatic carbocycles. The van der Waals surface area contributed by atoms with E-state index in [4.69, 9.17) is 5.90 Å². The molecule has 0 aromatic heterocycles. The quantitative estimate of drug-likeness (QED) is 0.576. The molecule has 1 aliphatic heterocycles. The van der Waals surface area contributed by atoms with Crippen LogP contribution in [0.2, 0.25) is 0 Å². The Morgan fingerprint density at radius 1 is 1.33 bits per heavy atom. The Morgan fingerprint density at radius 3 is 2.58 bits per heavy atom. The van der Waals surface area contributed by atoms with Gasteiger partial charge in [0.2, 0.25) is 0 Å². The molecular weight excluding hydrogens is 156 g/mol. The molecule has 1 atom stereocenters. The SMILES string of the molecule is NOC[C@H](O)CN1CCCCC1. The topological polar surface area (TPSA) is 58.7 Å². The maximum absolute atomic E-state index is 9.35. The minimum absolute atomic E-state index is 0.233. The molecule has 4 heteroatoms. The summed E-state index contributed by atoms with van der Waals surface area (Å²) < 4.78 is 0. The van der Waals surface area contributed by atoms with Gasteiger partial charge in [0.15, 0.2) is 0 Å². The summed E-state index contributed by atoms with van der Waals surface area (Å²) in [6.07, 6.45) is 3.37. The van der Waals surface area contributed by atoms with Gasteiger partial charge in [-0.3, -0.25) is 0 Å². The number of nitrogens with zero attached hydrogens (tertiary/aromatic N) is 1. The number of aliphatic hydroxyl groups excluding tert-OH is 1. The molecule has 0 amide bonds. The fourth-order valence-electron chi connectivity index (χ4n) is 1.60. The molecule has 3 N–H and O–H groups in total. The maximum Gasteiger partial charge on any atom is 0.0951 e. The van der Waals surface area contributed by atoms with E-state index in [1.807, 2.05) is 0 Å². The van der Waals surface area contributed by atoms with Crippen molar-refractivity contribution >= 4 is 0 Å². The smallest absolute Gasteiger partial charge is 0.0951 e. The van der Waals surface area contributed by atoms with Crippen molar-refractivity contribution in [3.05, 3.63) is 0 Å². The summed E-state index contributed by atoms with van der Waals surface area (Å²) in [6, 6.07) is 0. The molecule has 4 nitrogen and oxygen atoms in total. The van der Waals surface area contributed by atoms with E-state index in [-0.39, 0.29) is 6.61 Å². The van der Waals surface area contributed by atoms with Gasteiger partial charge in [-0.25, -0.2) is 5.90 Å². The van der Waals surface area contributed by atoms with Crippen molar-refractivity contribution < 1.29 is 9.94 Å². The van der Waals surface area contributed by atoms with Crippen molar-refractivity contribution in [2.24, 2.45) is 5.90 Å². The largest absolute Gasteiger partial charge is 0.389 e. The fraction of sp³-hybridized carbons (Fsp3) is 1.00. The van der Waals surface area contributed by atoms with E-state index >= 15 is 0 Å². The first kappa shape index (κ1) is 9.92. The lowest BCUT2D eigenvalue weighted by Crippen LogP contribution is -2.38. The Labute approximate surface area is 73.2 Å². The van der Waals surface area contributed by atoms with Crippen LogP contribution in [0.15, 0.2) is 0 Å². The van der Waals surface area contributed by atoms with Gasteiger partial charge in [-0.1, -0.05) is 6.42 Å². The van der Waals surface area contributed by atoms with Crippen LogP contribution in [0, 0.1) is 0 Å². The summed E-state index contributed by atoms with van der Waals surface area (Å²) in [5.74, 6) is 4.86. The van der Waals surface area contributed by atoms with Crippen LogP contribution in [0.1, 0.15) is 19.3 Å². The molecule has 0 bridgehead atoms. The molecule has 0 spiro atoms. The number of hydrogen-bond acceptors (Lipinski definition) is 4. The lowest BCUT2D eigenvalue weighted by Gasteiger charge is -2.27. The molecule has 0 aromatic carbocycles. The standard InChI is InChI=1S/C8H18N2O2/c9-12-7-8(11)6-10-4-2-1-3-5-10/h8,11H,1-7,9H2/t8-/m1/s1. The average molecular weight is 174 g/mol. The molecule has 1 heterocycles. The summed E-state index contributed by atoms with van der Waals surface area (Å²) in [6.45, 7) is 3.12. The van der Waals surface area contributed by atoms with Crippen molar-refractivity contribution in [1.29, 1.82) is 0 Å². The normalized spacial score (nSPS) is 22.5. The van der Waals surface area contributed by atoms with Crippen LogP contribution in [-0.4, -0.2) is 42.4 Å². The predicted octanol–water partition coefficient (Wildman–Crippen LogP) is -0.277. The fourth-order valence-corrected chi connectivity index (χ4v) is 1.60. The zero-order valence-corrected chi connectivity index (χ0v) is 7.41. The Morgan fingerprint density at radius 2 is 2.00 bits per heavy atom. The van der Waals surface area contributed by atoms with Crippen LogP contribution in [0.3, 0.4) is 0 Å². The van der Waals surface area contributed by atoms with Gasteiger partial charge in [-0.2, -0.15) is 0 Å². The third-order valence-corrected chi connectivity index (χ3v) is 2.21. The zero-order valence-electron chi connectivity index (χ0n) is 7.41. The molecule has 1 fully saturated rings. The highest BCUT2D eigenvalue weighted by molar-refractivity contribution is 4.68. The van der Waals surface area contributed by atoms with Gasteiger partial charge in [-0.05, 0) is 25.9 Å². The minimum atomic E-state index is -0.437. The van der Waals surface area contributed by atoms with Crippen LogP contribution >= 0.6 is 0 Å². The van der Waals surface area contributed by atoms with Crippen molar-refractivity contribution in [2.45, 2.75) is 25.4 Å². The number of hydrogen-bond donors (Lipinski definition) is 2. The van der Waals surface area contributed by atoms with Gasteiger partial charge in [0.25, 0.3) is 0 Å². The summed E-state index contributed by atoms with van der Waals surface area (Å²) in [5, 5.41) is 9.35. The van der Waals surface area contributed by atoms with Crippen molar-refractivity contribution in [3.8, 4) is 0 Å². The number of β-amino-alcohol motifs (C(OH)–C–C–N with tert-alkyl or cyclic N) is 1. The first-order chi connectivity index (χ1) is 5.83. The Bertz CT molecular complexity index is 116. The number of piperidine rings is 1. The summed E-state index contributed by atoms with van der Waals surface area (Å²) in [5.41, 5.74) is 0. The average Bonchev–Trinajstić information content (AvgIpc) is 2.06. The van der Waals surface area contributed by atoms with Crippen LogP contribution in [0.25, 0.3) is 0 Å². The van der Waals surface area contributed by atoms with Gasteiger partial charge in [0, 0.05) is 6.54 Å².